The fourth-order valence-electron chi connectivity index (χ4n) is 4.39. The van der Waals surface area contributed by atoms with Gasteiger partial charge in [-0.3, -0.25) is 14.3 Å². The second-order valence-corrected chi connectivity index (χ2v) is 7.97. The molecule has 136 valence electrons. The van der Waals surface area contributed by atoms with Crippen molar-refractivity contribution in [1.29, 1.82) is 0 Å². The van der Waals surface area contributed by atoms with Crippen molar-refractivity contribution in [3.8, 4) is 0 Å². The summed E-state index contributed by atoms with van der Waals surface area (Å²) < 4.78 is 1.61. The number of nitrogens with one attached hydrogen (secondary N) is 2. The Hall–Kier alpha value is -2.11. The van der Waals surface area contributed by atoms with Gasteiger partial charge in [-0.15, -0.1) is 0 Å². The molecule has 2 heterocycles. The van der Waals surface area contributed by atoms with Crippen LogP contribution in [0.3, 0.4) is 0 Å². The molecule has 0 aromatic carbocycles. The molecule has 1 fully saturated rings. The summed E-state index contributed by atoms with van der Waals surface area (Å²) in [5.74, 6) is 0.400. The van der Waals surface area contributed by atoms with Gasteiger partial charge in [-0.05, 0) is 37.5 Å². The number of rotatable bonds is 5. The van der Waals surface area contributed by atoms with E-state index in [4.69, 9.17) is 0 Å². The molecule has 0 atom stereocenters. The summed E-state index contributed by atoms with van der Waals surface area (Å²) in [5.41, 5.74) is 1.61. The van der Waals surface area contributed by atoms with Crippen molar-refractivity contribution in [2.24, 2.45) is 18.4 Å². The van der Waals surface area contributed by atoms with Crippen LogP contribution in [-0.2, 0) is 7.05 Å². The van der Waals surface area contributed by atoms with Crippen LogP contribution in [0.25, 0.3) is 11.0 Å². The van der Waals surface area contributed by atoms with E-state index < -0.39 is 0 Å². The first-order chi connectivity index (χ1) is 11.8. The summed E-state index contributed by atoms with van der Waals surface area (Å²) in [7, 11) is 1.77. The fourth-order valence-corrected chi connectivity index (χ4v) is 4.39. The normalized spacial score (nSPS) is 16.7. The molecule has 25 heavy (non-hydrogen) atoms. The minimum atomic E-state index is -0.215. The SMILES string of the molecule is Cc1nn(C)c2[nH]c(C(=O)NCC3(CC(C)C)CCCC3)cc(=O)c12. The van der Waals surface area contributed by atoms with Crippen LogP contribution in [0, 0.1) is 18.3 Å². The Bertz CT molecular complexity index is 841. The molecular formula is C19H28N4O2. The minimum Gasteiger partial charge on any atom is -0.350 e. The third kappa shape index (κ3) is 3.48. The molecule has 0 saturated heterocycles. The smallest absolute Gasteiger partial charge is 0.267 e. The zero-order valence-corrected chi connectivity index (χ0v) is 15.6. The van der Waals surface area contributed by atoms with Crippen LogP contribution >= 0.6 is 0 Å². The second kappa shape index (κ2) is 6.65. The second-order valence-electron chi connectivity index (χ2n) is 7.97. The van der Waals surface area contributed by atoms with Crippen LogP contribution in [-0.4, -0.2) is 27.2 Å². The molecule has 0 radical (unpaired) electrons. The average molecular weight is 344 g/mol. The van der Waals surface area contributed by atoms with Gasteiger partial charge >= 0.3 is 0 Å². The minimum absolute atomic E-state index is 0.165. The van der Waals surface area contributed by atoms with E-state index in [1.807, 2.05) is 0 Å². The molecule has 6 nitrogen and oxygen atoms in total. The molecule has 2 aromatic rings. The maximum atomic E-state index is 12.6. The van der Waals surface area contributed by atoms with Crippen LogP contribution in [0.5, 0.6) is 0 Å². The Labute approximate surface area is 148 Å². The van der Waals surface area contributed by atoms with Crippen molar-refractivity contribution in [3.05, 3.63) is 27.7 Å². The van der Waals surface area contributed by atoms with E-state index in [1.54, 1.807) is 18.7 Å². The molecule has 2 N–H and O–H groups in total. The number of pyridine rings is 1. The highest BCUT2D eigenvalue weighted by molar-refractivity contribution is 5.94. The van der Waals surface area contributed by atoms with Crippen LogP contribution in [0.2, 0.25) is 0 Å². The van der Waals surface area contributed by atoms with Gasteiger partial charge in [0.2, 0.25) is 0 Å². The van der Waals surface area contributed by atoms with Crippen molar-refractivity contribution in [1.82, 2.24) is 20.1 Å². The lowest BCUT2D eigenvalue weighted by Gasteiger charge is -2.31. The van der Waals surface area contributed by atoms with E-state index in [2.05, 4.69) is 29.2 Å². The third-order valence-electron chi connectivity index (χ3n) is 5.37. The molecule has 1 aliphatic carbocycles. The summed E-state index contributed by atoms with van der Waals surface area (Å²) >= 11 is 0. The van der Waals surface area contributed by atoms with Crippen LogP contribution in [0.1, 0.15) is 62.1 Å². The molecule has 2 aromatic heterocycles. The van der Waals surface area contributed by atoms with E-state index in [9.17, 15) is 9.59 Å². The van der Waals surface area contributed by atoms with Crippen molar-refractivity contribution in [3.63, 3.8) is 0 Å². The first-order valence-corrected chi connectivity index (χ1v) is 9.16. The molecule has 0 bridgehead atoms. The molecule has 0 spiro atoms. The highest BCUT2D eigenvalue weighted by atomic mass is 16.2. The first kappa shape index (κ1) is 17.7. The summed E-state index contributed by atoms with van der Waals surface area (Å²) in [4.78, 5) is 28.1. The van der Waals surface area contributed by atoms with Gasteiger partial charge in [0.25, 0.3) is 5.91 Å². The summed E-state index contributed by atoms with van der Waals surface area (Å²) in [6, 6.07) is 1.39. The lowest BCUT2D eigenvalue weighted by atomic mass is 9.78. The lowest BCUT2D eigenvalue weighted by molar-refractivity contribution is 0.0917. The predicted octanol–water partition coefficient (Wildman–Crippen LogP) is 2.91. The van der Waals surface area contributed by atoms with E-state index in [0.717, 1.165) is 6.42 Å². The Morgan fingerprint density at radius 2 is 2.08 bits per heavy atom. The van der Waals surface area contributed by atoms with Crippen molar-refractivity contribution < 1.29 is 4.79 Å². The van der Waals surface area contributed by atoms with Gasteiger partial charge in [-0.2, -0.15) is 5.10 Å². The largest absolute Gasteiger partial charge is 0.350 e. The van der Waals surface area contributed by atoms with Gasteiger partial charge in [-0.1, -0.05) is 26.7 Å². The number of H-pyrrole nitrogens is 1. The molecule has 1 saturated carbocycles. The highest BCUT2D eigenvalue weighted by Gasteiger charge is 2.34. The van der Waals surface area contributed by atoms with Crippen molar-refractivity contribution in [2.45, 2.75) is 52.9 Å². The number of aromatic amines is 1. The summed E-state index contributed by atoms with van der Waals surface area (Å²) in [6.07, 6.45) is 5.94. The number of nitrogens with zero attached hydrogens (tertiary/aromatic N) is 2. The van der Waals surface area contributed by atoms with Crippen molar-refractivity contribution >= 4 is 16.9 Å². The van der Waals surface area contributed by atoms with E-state index >= 15 is 0 Å². The van der Waals surface area contributed by atoms with E-state index in [0.29, 0.717) is 34.9 Å². The Morgan fingerprint density at radius 1 is 1.40 bits per heavy atom. The average Bonchev–Trinajstić information content (AvgIpc) is 3.10. The Balaban J connectivity index is 1.80. The number of carbonyl (C=O) groups is 1. The number of aryl methyl sites for hydroxylation is 2. The van der Waals surface area contributed by atoms with E-state index in [1.165, 1.54) is 31.7 Å². The Morgan fingerprint density at radius 3 is 2.72 bits per heavy atom. The van der Waals surface area contributed by atoms with Crippen molar-refractivity contribution in [2.75, 3.05) is 6.54 Å². The maximum absolute atomic E-state index is 12.6. The summed E-state index contributed by atoms with van der Waals surface area (Å²) in [5, 5.41) is 7.87. The third-order valence-corrected chi connectivity index (χ3v) is 5.37. The number of hydrogen-bond acceptors (Lipinski definition) is 3. The molecule has 0 unspecified atom stereocenters. The lowest BCUT2D eigenvalue weighted by Crippen LogP contribution is -2.37. The monoisotopic (exact) mass is 344 g/mol. The zero-order chi connectivity index (χ0) is 18.2. The molecular weight excluding hydrogens is 316 g/mol. The first-order valence-electron chi connectivity index (χ1n) is 9.16. The van der Waals surface area contributed by atoms with Crippen LogP contribution < -0.4 is 10.7 Å². The zero-order valence-electron chi connectivity index (χ0n) is 15.6. The number of hydrogen-bond donors (Lipinski definition) is 2. The molecule has 1 amide bonds. The number of fused-ring (bicyclic) bond motifs is 1. The highest BCUT2D eigenvalue weighted by Crippen LogP contribution is 2.42. The number of carbonyl (C=O) groups excluding carboxylic acids is 1. The topological polar surface area (TPSA) is 79.8 Å². The molecule has 3 rings (SSSR count). The molecule has 6 heteroatoms. The fraction of sp³-hybridized carbons (Fsp3) is 0.632. The van der Waals surface area contributed by atoms with E-state index in [-0.39, 0.29) is 16.8 Å². The van der Waals surface area contributed by atoms with Gasteiger partial charge in [0.15, 0.2) is 5.43 Å². The Kier molecular flexibility index (Phi) is 4.71. The summed E-state index contributed by atoms with van der Waals surface area (Å²) in [6.45, 7) is 6.94. The number of aromatic nitrogens is 3. The quantitative estimate of drug-likeness (QED) is 0.875. The molecule has 0 aliphatic heterocycles. The maximum Gasteiger partial charge on any atom is 0.267 e. The van der Waals surface area contributed by atoms with Gasteiger partial charge in [0.05, 0.1) is 11.1 Å². The predicted molar refractivity (Wildman–Crippen MR) is 98.8 cm³/mol. The standard InChI is InChI=1S/C19H28N4O2/c1-12(2)10-19(7-5-6-8-19)11-20-18(25)14-9-15(24)16-13(3)22-23(4)17(16)21-14/h9,12H,5-8,10-11H2,1-4H3,(H,20,25)(H,21,24). The van der Waals surface area contributed by atoms with Gasteiger partial charge in [-0.25, -0.2) is 0 Å². The van der Waals surface area contributed by atoms with Gasteiger partial charge in [0.1, 0.15) is 11.3 Å². The van der Waals surface area contributed by atoms with Gasteiger partial charge in [0, 0.05) is 19.7 Å². The van der Waals surface area contributed by atoms with Crippen LogP contribution in [0.4, 0.5) is 0 Å². The number of amides is 1. The molecule has 1 aliphatic rings. The van der Waals surface area contributed by atoms with Crippen LogP contribution in [0.15, 0.2) is 10.9 Å². The van der Waals surface area contributed by atoms with Gasteiger partial charge < -0.3 is 10.3 Å².